The maximum Gasteiger partial charge on any atom is 0.315 e. The Balaban J connectivity index is 1.77. The fraction of sp³-hybridized carbons (Fsp3) is 0.316. The van der Waals surface area contributed by atoms with Crippen molar-refractivity contribution in [2.24, 2.45) is 0 Å². The van der Waals surface area contributed by atoms with Crippen LogP contribution < -0.4 is 10.6 Å². The molecule has 134 valence electrons. The number of aliphatic hydroxyl groups is 1. The van der Waals surface area contributed by atoms with E-state index in [0.717, 1.165) is 17.2 Å². The van der Waals surface area contributed by atoms with Gasteiger partial charge in [0.05, 0.1) is 6.61 Å². The van der Waals surface area contributed by atoms with Gasteiger partial charge < -0.3 is 15.7 Å². The number of hydrogen-bond acceptors (Lipinski definition) is 2. The first kappa shape index (κ1) is 18.9. The maximum atomic E-state index is 13.2. The van der Waals surface area contributed by atoms with Gasteiger partial charge in [0.2, 0.25) is 0 Å². The first-order chi connectivity index (χ1) is 12.0. The van der Waals surface area contributed by atoms with Crippen molar-refractivity contribution in [1.29, 1.82) is 0 Å². The van der Waals surface area contributed by atoms with E-state index in [-0.39, 0.29) is 18.7 Å². The minimum absolute atomic E-state index is 0.0793. The summed E-state index contributed by atoms with van der Waals surface area (Å²) in [6, 6.07) is 10.7. The fourth-order valence-corrected chi connectivity index (χ4v) is 2.49. The molecule has 0 fully saturated rings. The fourth-order valence-electron chi connectivity index (χ4n) is 2.49. The Morgan fingerprint density at radius 1 is 1.12 bits per heavy atom. The Labute approximate surface area is 145 Å². The second-order valence-electron chi connectivity index (χ2n) is 5.94. The number of aliphatic hydroxyl groups excluding tert-OH is 1. The van der Waals surface area contributed by atoms with E-state index in [1.807, 2.05) is 25.1 Å². The highest BCUT2D eigenvalue weighted by atomic mass is 19.2. The van der Waals surface area contributed by atoms with Crippen LogP contribution in [0.1, 0.15) is 30.0 Å². The molecule has 0 saturated carbocycles. The molecule has 0 spiro atoms. The minimum atomic E-state index is -0.863. The zero-order chi connectivity index (χ0) is 18.2. The Morgan fingerprint density at radius 3 is 2.52 bits per heavy atom. The summed E-state index contributed by atoms with van der Waals surface area (Å²) in [5.74, 6) is -1.73. The molecule has 2 aromatic carbocycles. The average Bonchev–Trinajstić information content (AvgIpc) is 2.61. The lowest BCUT2D eigenvalue weighted by Gasteiger charge is -2.15. The van der Waals surface area contributed by atoms with Gasteiger partial charge in [0.25, 0.3) is 0 Å². The summed E-state index contributed by atoms with van der Waals surface area (Å²) < 4.78 is 26.1. The first-order valence-electron chi connectivity index (χ1n) is 8.15. The molecule has 0 heterocycles. The van der Waals surface area contributed by atoms with Gasteiger partial charge in [0.15, 0.2) is 11.6 Å². The lowest BCUT2D eigenvalue weighted by atomic mass is 10.1. The Bertz CT molecular complexity index is 722. The number of halogens is 2. The molecule has 1 unspecified atom stereocenters. The van der Waals surface area contributed by atoms with Gasteiger partial charge in [-0.05, 0) is 48.6 Å². The maximum absolute atomic E-state index is 13.2. The number of nitrogens with one attached hydrogen (secondary N) is 2. The molecule has 3 N–H and O–H groups in total. The summed E-state index contributed by atoms with van der Waals surface area (Å²) in [5.41, 5.74) is 2.31. The van der Waals surface area contributed by atoms with Gasteiger partial charge in [0, 0.05) is 12.6 Å². The van der Waals surface area contributed by atoms with E-state index < -0.39 is 11.6 Å². The lowest BCUT2D eigenvalue weighted by Crippen LogP contribution is -2.40. The molecule has 2 aromatic rings. The molecule has 2 rings (SSSR count). The van der Waals surface area contributed by atoms with Crippen molar-refractivity contribution in [1.82, 2.24) is 10.6 Å². The molecular formula is C19H22F2N2O2. The van der Waals surface area contributed by atoms with Crippen molar-refractivity contribution >= 4 is 6.03 Å². The van der Waals surface area contributed by atoms with Crippen LogP contribution in [0.2, 0.25) is 0 Å². The van der Waals surface area contributed by atoms with Gasteiger partial charge in [-0.25, -0.2) is 13.6 Å². The molecule has 0 radical (unpaired) electrons. The molecule has 0 aliphatic carbocycles. The van der Waals surface area contributed by atoms with Crippen LogP contribution in [0.25, 0.3) is 0 Å². The zero-order valence-electron chi connectivity index (χ0n) is 14.1. The molecule has 0 aliphatic heterocycles. The smallest absolute Gasteiger partial charge is 0.315 e. The molecule has 0 saturated heterocycles. The van der Waals surface area contributed by atoms with E-state index in [0.29, 0.717) is 24.9 Å². The van der Waals surface area contributed by atoms with Gasteiger partial charge in [0.1, 0.15) is 0 Å². The highest BCUT2D eigenvalue weighted by Crippen LogP contribution is 2.11. The van der Waals surface area contributed by atoms with Crippen LogP contribution in [0.15, 0.2) is 42.5 Å². The SMILES string of the molecule is CC(CCc1ccc(F)c(F)c1)NC(=O)NCc1ccccc1CO. The number of carbonyl (C=O) groups excluding carboxylic acids is 1. The van der Waals surface area contributed by atoms with Gasteiger partial charge in [-0.15, -0.1) is 0 Å². The number of rotatable bonds is 7. The molecular weight excluding hydrogens is 326 g/mol. The van der Waals surface area contributed by atoms with Crippen molar-refractivity contribution in [3.63, 3.8) is 0 Å². The number of urea groups is 1. The third kappa shape index (κ3) is 5.83. The average molecular weight is 348 g/mol. The number of hydrogen-bond donors (Lipinski definition) is 3. The van der Waals surface area contributed by atoms with Crippen LogP contribution in [0.3, 0.4) is 0 Å². The molecule has 0 aliphatic rings. The Hall–Kier alpha value is -2.47. The number of amides is 2. The topological polar surface area (TPSA) is 61.4 Å². The molecule has 0 bridgehead atoms. The summed E-state index contributed by atoms with van der Waals surface area (Å²) in [6.07, 6.45) is 1.14. The largest absolute Gasteiger partial charge is 0.392 e. The van der Waals surface area contributed by atoms with Crippen LogP contribution in [0.5, 0.6) is 0 Å². The van der Waals surface area contributed by atoms with Crippen molar-refractivity contribution in [3.8, 4) is 0 Å². The zero-order valence-corrected chi connectivity index (χ0v) is 14.1. The Kier molecular flexibility index (Phi) is 6.89. The second kappa shape index (κ2) is 9.13. The molecule has 0 aromatic heterocycles. The van der Waals surface area contributed by atoms with Crippen molar-refractivity contribution < 1.29 is 18.7 Å². The van der Waals surface area contributed by atoms with Gasteiger partial charge >= 0.3 is 6.03 Å². The third-order valence-corrected chi connectivity index (χ3v) is 3.96. The summed E-state index contributed by atoms with van der Waals surface area (Å²) in [7, 11) is 0. The summed E-state index contributed by atoms with van der Waals surface area (Å²) >= 11 is 0. The summed E-state index contributed by atoms with van der Waals surface area (Å²) in [5, 5.41) is 14.8. The molecule has 6 heteroatoms. The molecule has 2 amide bonds. The molecule has 25 heavy (non-hydrogen) atoms. The number of aryl methyl sites for hydroxylation is 1. The normalized spacial score (nSPS) is 11.8. The summed E-state index contributed by atoms with van der Waals surface area (Å²) in [4.78, 5) is 11.9. The van der Waals surface area contributed by atoms with Gasteiger partial charge in [-0.2, -0.15) is 0 Å². The summed E-state index contributed by atoms with van der Waals surface area (Å²) in [6.45, 7) is 2.09. The number of carbonyl (C=O) groups is 1. The van der Waals surface area contributed by atoms with Crippen molar-refractivity contribution in [2.45, 2.75) is 39.0 Å². The van der Waals surface area contributed by atoms with E-state index in [1.165, 1.54) is 12.1 Å². The first-order valence-corrected chi connectivity index (χ1v) is 8.15. The predicted octanol–water partition coefficient (Wildman–Crippen LogP) is 3.28. The minimum Gasteiger partial charge on any atom is -0.392 e. The van der Waals surface area contributed by atoms with Crippen LogP contribution in [-0.4, -0.2) is 17.2 Å². The lowest BCUT2D eigenvalue weighted by molar-refractivity contribution is 0.236. The van der Waals surface area contributed by atoms with Crippen molar-refractivity contribution in [2.75, 3.05) is 0 Å². The predicted molar refractivity (Wildman–Crippen MR) is 91.9 cm³/mol. The highest BCUT2D eigenvalue weighted by molar-refractivity contribution is 5.74. The van der Waals surface area contributed by atoms with Crippen LogP contribution >= 0.6 is 0 Å². The second-order valence-corrected chi connectivity index (χ2v) is 5.94. The van der Waals surface area contributed by atoms with Crippen molar-refractivity contribution in [3.05, 3.63) is 70.8 Å². The van der Waals surface area contributed by atoms with E-state index in [2.05, 4.69) is 10.6 Å². The monoisotopic (exact) mass is 348 g/mol. The number of benzene rings is 2. The van der Waals surface area contributed by atoms with E-state index in [1.54, 1.807) is 6.07 Å². The molecule has 1 atom stereocenters. The van der Waals surface area contributed by atoms with E-state index in [9.17, 15) is 18.7 Å². The van der Waals surface area contributed by atoms with Gasteiger partial charge in [-0.3, -0.25) is 0 Å². The standard InChI is InChI=1S/C19H22F2N2O2/c1-13(6-7-14-8-9-17(20)18(21)10-14)23-19(25)22-11-15-4-2-3-5-16(15)12-24/h2-5,8-10,13,24H,6-7,11-12H2,1H3,(H2,22,23,25). The quantitative estimate of drug-likeness (QED) is 0.719. The molecule has 4 nitrogen and oxygen atoms in total. The highest BCUT2D eigenvalue weighted by Gasteiger charge is 2.09. The van der Waals surface area contributed by atoms with Crippen LogP contribution in [0, 0.1) is 11.6 Å². The van der Waals surface area contributed by atoms with Crippen LogP contribution in [-0.2, 0) is 19.6 Å². The van der Waals surface area contributed by atoms with E-state index in [4.69, 9.17) is 0 Å². The van der Waals surface area contributed by atoms with Gasteiger partial charge in [-0.1, -0.05) is 30.3 Å². The third-order valence-electron chi connectivity index (χ3n) is 3.96. The van der Waals surface area contributed by atoms with E-state index >= 15 is 0 Å². The Morgan fingerprint density at radius 2 is 1.84 bits per heavy atom. The van der Waals surface area contributed by atoms with Crippen LogP contribution in [0.4, 0.5) is 13.6 Å².